The first kappa shape index (κ1) is 27.3. The fourth-order valence-corrected chi connectivity index (χ4v) is 5.28. The number of hydrogen-bond donors (Lipinski definition) is 4. The summed E-state index contributed by atoms with van der Waals surface area (Å²) in [4.78, 5) is 50.3. The summed E-state index contributed by atoms with van der Waals surface area (Å²) in [5.41, 5.74) is 2.86. The van der Waals surface area contributed by atoms with Gasteiger partial charge in [-0.15, -0.1) is 0 Å². The predicted molar refractivity (Wildman–Crippen MR) is 147 cm³/mol. The second-order valence-electron chi connectivity index (χ2n) is 10.6. The SMILES string of the molecule is COC(=O)Nc1ccc2c(c1)NC(=O)CCc1nc(ccc1F)CC(NC(=O)C1CCC(C)CC1)c1ncc-2[nH]1. The van der Waals surface area contributed by atoms with Crippen molar-refractivity contribution in [3.63, 3.8) is 0 Å². The number of rotatable bonds is 3. The Morgan fingerprint density at radius 1 is 1.10 bits per heavy atom. The Morgan fingerprint density at radius 2 is 1.90 bits per heavy atom. The molecule has 0 spiro atoms. The molecule has 4 N–H and O–H groups in total. The number of pyridine rings is 1. The largest absolute Gasteiger partial charge is 0.453 e. The molecule has 0 radical (unpaired) electrons. The Kier molecular flexibility index (Phi) is 8.09. The quantitative estimate of drug-likeness (QED) is 0.367. The third kappa shape index (κ3) is 6.30. The lowest BCUT2D eigenvalue weighted by Crippen LogP contribution is -2.37. The number of fused-ring (bicyclic) bond motifs is 6. The molecule has 210 valence electrons. The molecule has 1 aromatic carbocycles. The van der Waals surface area contributed by atoms with Gasteiger partial charge in [0, 0.05) is 42.1 Å². The van der Waals surface area contributed by atoms with E-state index in [0.717, 1.165) is 25.7 Å². The van der Waals surface area contributed by atoms with Gasteiger partial charge in [-0.3, -0.25) is 19.9 Å². The van der Waals surface area contributed by atoms with Gasteiger partial charge in [-0.05, 0) is 61.9 Å². The second kappa shape index (κ2) is 11.8. The Hall–Kier alpha value is -4.28. The number of carbonyl (C=O) groups excluding carboxylic acids is 3. The molecule has 1 aliphatic carbocycles. The number of benzene rings is 1. The maximum atomic E-state index is 14.6. The van der Waals surface area contributed by atoms with Crippen molar-refractivity contribution in [2.45, 2.75) is 57.9 Å². The highest BCUT2D eigenvalue weighted by atomic mass is 19.1. The summed E-state index contributed by atoms with van der Waals surface area (Å²) in [6.07, 6.45) is 5.11. The molecule has 1 saturated carbocycles. The summed E-state index contributed by atoms with van der Waals surface area (Å²) >= 11 is 0. The summed E-state index contributed by atoms with van der Waals surface area (Å²) in [5.74, 6) is 0.220. The Morgan fingerprint density at radius 3 is 2.67 bits per heavy atom. The molecule has 1 aliphatic heterocycles. The van der Waals surface area contributed by atoms with Crippen LogP contribution in [0.2, 0.25) is 0 Å². The molecule has 3 amide bonds. The van der Waals surface area contributed by atoms with Crippen LogP contribution in [0, 0.1) is 17.7 Å². The fraction of sp³-hybridized carbons (Fsp3) is 0.414. The molecule has 1 unspecified atom stereocenters. The van der Waals surface area contributed by atoms with Gasteiger partial charge in [-0.25, -0.2) is 14.2 Å². The minimum absolute atomic E-state index is 0.00400. The first-order chi connectivity index (χ1) is 19.3. The maximum Gasteiger partial charge on any atom is 0.411 e. The van der Waals surface area contributed by atoms with Crippen LogP contribution < -0.4 is 16.0 Å². The number of nitrogens with zero attached hydrogens (tertiary/aromatic N) is 2. The lowest BCUT2D eigenvalue weighted by molar-refractivity contribution is -0.127. The highest BCUT2D eigenvalue weighted by molar-refractivity contribution is 5.97. The smallest absolute Gasteiger partial charge is 0.411 e. The van der Waals surface area contributed by atoms with Gasteiger partial charge in [0.05, 0.1) is 36.4 Å². The van der Waals surface area contributed by atoms with E-state index in [1.54, 1.807) is 30.5 Å². The van der Waals surface area contributed by atoms with E-state index in [0.29, 0.717) is 46.5 Å². The van der Waals surface area contributed by atoms with E-state index in [-0.39, 0.29) is 36.3 Å². The lowest BCUT2D eigenvalue weighted by atomic mass is 9.82. The van der Waals surface area contributed by atoms with Crippen molar-refractivity contribution < 1.29 is 23.5 Å². The van der Waals surface area contributed by atoms with Crippen molar-refractivity contribution in [3.05, 3.63) is 59.6 Å². The monoisotopic (exact) mass is 548 g/mol. The molecule has 5 rings (SSSR count). The normalized spacial score (nSPS) is 20.9. The molecule has 11 heteroatoms. The van der Waals surface area contributed by atoms with Crippen LogP contribution in [0.4, 0.5) is 20.6 Å². The molecule has 0 saturated heterocycles. The van der Waals surface area contributed by atoms with E-state index in [1.807, 2.05) is 0 Å². The van der Waals surface area contributed by atoms with Gasteiger partial charge < -0.3 is 20.4 Å². The fourth-order valence-electron chi connectivity index (χ4n) is 5.28. The standard InChI is InChI=1S/C29H33FN6O4/c1-16-3-5-17(6-4-16)28(38)36-24-14-18-8-10-21(30)22(32-18)11-12-26(37)34-23-13-19(33-29(39)40-2)7-9-20(23)25-15-31-27(24)35-25/h7-10,13,15-17,24H,3-6,11-12,14H2,1-2H3,(H,31,35)(H,33,39)(H,34,37)(H,36,38). The number of hydrogen-bond acceptors (Lipinski definition) is 6. The van der Waals surface area contributed by atoms with Crippen molar-refractivity contribution in [1.29, 1.82) is 0 Å². The Labute approximate surface area is 231 Å². The molecular weight excluding hydrogens is 515 g/mol. The number of aromatic nitrogens is 3. The van der Waals surface area contributed by atoms with Gasteiger partial charge in [0.25, 0.3) is 0 Å². The first-order valence-corrected chi connectivity index (χ1v) is 13.6. The van der Waals surface area contributed by atoms with Crippen molar-refractivity contribution in [3.8, 4) is 11.3 Å². The topological polar surface area (TPSA) is 138 Å². The van der Waals surface area contributed by atoms with Crippen LogP contribution in [-0.2, 0) is 27.2 Å². The van der Waals surface area contributed by atoms with Crippen LogP contribution in [0.1, 0.15) is 62.3 Å². The number of halogens is 1. The van der Waals surface area contributed by atoms with Crippen LogP contribution in [0.3, 0.4) is 0 Å². The zero-order valence-corrected chi connectivity index (χ0v) is 22.6. The van der Waals surface area contributed by atoms with E-state index >= 15 is 0 Å². The van der Waals surface area contributed by atoms with E-state index in [1.165, 1.54) is 13.2 Å². The molecule has 2 aromatic heterocycles. The van der Waals surface area contributed by atoms with E-state index in [9.17, 15) is 18.8 Å². The third-order valence-corrected chi connectivity index (χ3v) is 7.62. The van der Waals surface area contributed by atoms with Gasteiger partial charge in [0.1, 0.15) is 11.6 Å². The number of H-pyrrole nitrogens is 1. The van der Waals surface area contributed by atoms with Crippen LogP contribution in [0.15, 0.2) is 36.5 Å². The van der Waals surface area contributed by atoms with Crippen molar-refractivity contribution in [1.82, 2.24) is 20.3 Å². The van der Waals surface area contributed by atoms with Crippen molar-refractivity contribution in [2.75, 3.05) is 17.7 Å². The molecule has 1 atom stereocenters. The molecule has 3 aromatic rings. The number of anilines is 2. The van der Waals surface area contributed by atoms with Crippen LogP contribution in [0.25, 0.3) is 11.3 Å². The third-order valence-electron chi connectivity index (χ3n) is 7.62. The molecule has 4 bridgehead atoms. The van der Waals surface area contributed by atoms with Gasteiger partial charge in [0.2, 0.25) is 11.8 Å². The van der Waals surface area contributed by atoms with Crippen molar-refractivity contribution >= 4 is 29.3 Å². The highest BCUT2D eigenvalue weighted by Gasteiger charge is 2.28. The molecule has 1 fully saturated rings. The highest BCUT2D eigenvalue weighted by Crippen LogP contribution is 2.33. The number of nitrogens with one attached hydrogen (secondary N) is 4. The Bertz CT molecular complexity index is 1420. The average molecular weight is 549 g/mol. The summed E-state index contributed by atoms with van der Waals surface area (Å²) in [6.45, 7) is 2.21. The molecule has 3 heterocycles. The molecule has 10 nitrogen and oxygen atoms in total. The molecule has 40 heavy (non-hydrogen) atoms. The van der Waals surface area contributed by atoms with Gasteiger partial charge in [-0.2, -0.15) is 0 Å². The lowest BCUT2D eigenvalue weighted by Gasteiger charge is -2.27. The molecular formula is C29H33FN6O4. The van der Waals surface area contributed by atoms with Gasteiger partial charge in [0.15, 0.2) is 0 Å². The first-order valence-electron chi connectivity index (χ1n) is 13.6. The van der Waals surface area contributed by atoms with Crippen LogP contribution in [-0.4, -0.2) is 40.0 Å². The number of carbonyl (C=O) groups is 3. The minimum Gasteiger partial charge on any atom is -0.453 e. The number of ether oxygens (including phenoxy) is 1. The van der Waals surface area contributed by atoms with E-state index in [2.05, 4.69) is 42.6 Å². The number of aromatic amines is 1. The Balaban J connectivity index is 1.51. The van der Waals surface area contributed by atoms with Gasteiger partial charge in [-0.1, -0.05) is 6.92 Å². The van der Waals surface area contributed by atoms with E-state index in [4.69, 9.17) is 0 Å². The zero-order valence-electron chi connectivity index (χ0n) is 22.6. The summed E-state index contributed by atoms with van der Waals surface area (Å²) in [6, 6.07) is 7.45. The number of amides is 3. The zero-order chi connectivity index (χ0) is 28.2. The summed E-state index contributed by atoms with van der Waals surface area (Å²) in [7, 11) is 1.26. The summed E-state index contributed by atoms with van der Waals surface area (Å²) < 4.78 is 19.3. The number of imidazole rings is 1. The van der Waals surface area contributed by atoms with Crippen molar-refractivity contribution in [2.24, 2.45) is 11.8 Å². The van der Waals surface area contributed by atoms with Crippen LogP contribution in [0.5, 0.6) is 0 Å². The minimum atomic E-state index is -0.650. The number of aryl methyl sites for hydroxylation is 1. The average Bonchev–Trinajstić information content (AvgIpc) is 3.43. The maximum absolute atomic E-state index is 14.6. The second-order valence-corrected chi connectivity index (χ2v) is 10.6. The number of methoxy groups -OCH3 is 1. The molecule has 2 aliphatic rings. The predicted octanol–water partition coefficient (Wildman–Crippen LogP) is 4.90. The van der Waals surface area contributed by atoms with E-state index < -0.39 is 18.0 Å². The summed E-state index contributed by atoms with van der Waals surface area (Å²) in [5, 5.41) is 8.63. The van der Waals surface area contributed by atoms with Gasteiger partial charge >= 0.3 is 6.09 Å². The van der Waals surface area contributed by atoms with Crippen LogP contribution >= 0.6 is 0 Å².